The van der Waals surface area contributed by atoms with E-state index in [4.69, 9.17) is 4.74 Å². The van der Waals surface area contributed by atoms with Gasteiger partial charge in [-0.2, -0.15) is 0 Å². The molecule has 2 unspecified atom stereocenters. The van der Waals surface area contributed by atoms with E-state index in [0.29, 0.717) is 6.10 Å². The average Bonchev–Trinajstić information content (AvgIpc) is 2.29. The summed E-state index contributed by atoms with van der Waals surface area (Å²) in [4.78, 5) is 0. The van der Waals surface area contributed by atoms with Crippen molar-refractivity contribution in [2.24, 2.45) is 0 Å². The molecule has 2 atom stereocenters. The molecule has 1 aromatic carbocycles. The van der Waals surface area contributed by atoms with Crippen LogP contribution in [0, 0.1) is 13.8 Å². The summed E-state index contributed by atoms with van der Waals surface area (Å²) >= 11 is 0. The van der Waals surface area contributed by atoms with E-state index >= 15 is 0 Å². The number of ether oxygens (including phenoxy) is 1. The Morgan fingerprint density at radius 3 is 2.28 bits per heavy atom. The normalized spacial score (nSPS) is 14.5. The van der Waals surface area contributed by atoms with E-state index in [2.05, 4.69) is 51.2 Å². The molecule has 2 heteroatoms. The third-order valence-corrected chi connectivity index (χ3v) is 3.24. The van der Waals surface area contributed by atoms with Crippen LogP contribution in [0.5, 0.6) is 0 Å². The van der Waals surface area contributed by atoms with Gasteiger partial charge in [0.05, 0.1) is 18.8 Å². The van der Waals surface area contributed by atoms with E-state index in [-0.39, 0.29) is 6.04 Å². The predicted octanol–water partition coefficient (Wildman–Crippen LogP) is 3.77. The van der Waals surface area contributed by atoms with Gasteiger partial charge in [-0.15, -0.1) is 0 Å². The van der Waals surface area contributed by atoms with Gasteiger partial charge in [-0.05, 0) is 39.8 Å². The quantitative estimate of drug-likeness (QED) is 0.794. The van der Waals surface area contributed by atoms with Crippen LogP contribution >= 0.6 is 0 Å². The third-order valence-electron chi connectivity index (χ3n) is 3.24. The van der Waals surface area contributed by atoms with Gasteiger partial charge in [-0.3, -0.25) is 0 Å². The van der Waals surface area contributed by atoms with E-state index in [9.17, 15) is 0 Å². The molecule has 0 radical (unpaired) electrons. The minimum atomic E-state index is 0.280. The Labute approximate surface area is 112 Å². The van der Waals surface area contributed by atoms with Gasteiger partial charge in [0.15, 0.2) is 0 Å². The highest BCUT2D eigenvalue weighted by molar-refractivity contribution is 5.30. The smallest absolute Gasteiger partial charge is 0.0665 e. The van der Waals surface area contributed by atoms with Gasteiger partial charge in [-0.25, -0.2) is 0 Å². The lowest BCUT2D eigenvalue weighted by Gasteiger charge is -2.21. The van der Waals surface area contributed by atoms with Crippen molar-refractivity contribution in [3.8, 4) is 0 Å². The average molecular weight is 249 g/mol. The first-order valence-electron chi connectivity index (χ1n) is 6.93. The lowest BCUT2D eigenvalue weighted by molar-refractivity contribution is 0.0453. The zero-order valence-corrected chi connectivity index (χ0v) is 12.4. The topological polar surface area (TPSA) is 21.3 Å². The number of nitrogens with one attached hydrogen (secondary N) is 1. The van der Waals surface area contributed by atoms with Crippen LogP contribution in [0.1, 0.15) is 49.4 Å². The number of likely N-dealkylation sites (N-methyl/N-ethyl adjacent to an activating group) is 1. The van der Waals surface area contributed by atoms with Crippen LogP contribution < -0.4 is 5.32 Å². The zero-order chi connectivity index (χ0) is 13.5. The molecule has 0 fully saturated rings. The van der Waals surface area contributed by atoms with Crippen molar-refractivity contribution in [1.29, 1.82) is 0 Å². The summed E-state index contributed by atoms with van der Waals surface area (Å²) in [6, 6.07) is 6.96. The Morgan fingerprint density at radius 1 is 1.17 bits per heavy atom. The summed E-state index contributed by atoms with van der Waals surface area (Å²) in [7, 11) is 2.00. The second-order valence-electron chi connectivity index (χ2n) is 5.19. The van der Waals surface area contributed by atoms with Crippen LogP contribution in [0.25, 0.3) is 0 Å². The largest absolute Gasteiger partial charge is 0.377 e. The van der Waals surface area contributed by atoms with Crippen molar-refractivity contribution >= 4 is 0 Å². The summed E-state index contributed by atoms with van der Waals surface area (Å²) < 4.78 is 5.91. The van der Waals surface area contributed by atoms with Gasteiger partial charge < -0.3 is 10.1 Å². The third kappa shape index (κ3) is 4.79. The Balaban J connectivity index is 2.65. The lowest BCUT2D eigenvalue weighted by Crippen LogP contribution is -2.24. The number of benzene rings is 1. The first-order chi connectivity index (χ1) is 8.56. The van der Waals surface area contributed by atoms with Crippen LogP contribution in [0.4, 0.5) is 0 Å². The van der Waals surface area contributed by atoms with Crippen molar-refractivity contribution < 1.29 is 4.74 Å². The molecule has 1 N–H and O–H groups in total. The van der Waals surface area contributed by atoms with Crippen molar-refractivity contribution in [3.63, 3.8) is 0 Å². The van der Waals surface area contributed by atoms with Crippen LogP contribution in [0.15, 0.2) is 18.2 Å². The zero-order valence-electron chi connectivity index (χ0n) is 12.4. The molecule has 0 saturated carbocycles. The molecule has 0 amide bonds. The maximum atomic E-state index is 5.91. The number of hydrogen-bond acceptors (Lipinski definition) is 2. The Bertz CT molecular complexity index is 342. The number of aryl methyl sites for hydroxylation is 2. The highest BCUT2D eigenvalue weighted by Crippen LogP contribution is 2.18. The van der Waals surface area contributed by atoms with E-state index in [1.807, 2.05) is 7.05 Å². The fourth-order valence-corrected chi connectivity index (χ4v) is 2.31. The fourth-order valence-electron chi connectivity index (χ4n) is 2.31. The maximum absolute atomic E-state index is 5.91. The van der Waals surface area contributed by atoms with Crippen molar-refractivity contribution in [2.75, 3.05) is 13.7 Å². The molecule has 0 heterocycles. The molecule has 0 spiro atoms. The fraction of sp³-hybridized carbons (Fsp3) is 0.625. The summed E-state index contributed by atoms with van der Waals surface area (Å²) in [6.07, 6.45) is 2.65. The lowest BCUT2D eigenvalue weighted by atomic mass is 10.0. The standard InChI is InChI=1S/C16H27NO/c1-6-7-14(4)18-11-16(17-5)15-9-12(2)8-13(3)10-15/h8-10,14,16-17H,6-7,11H2,1-5H3. The molecule has 2 nitrogen and oxygen atoms in total. The molecule has 18 heavy (non-hydrogen) atoms. The van der Waals surface area contributed by atoms with Crippen LogP contribution in [0.2, 0.25) is 0 Å². The van der Waals surface area contributed by atoms with Crippen molar-refractivity contribution in [2.45, 2.75) is 52.7 Å². The number of hydrogen-bond donors (Lipinski definition) is 1. The van der Waals surface area contributed by atoms with Crippen molar-refractivity contribution in [3.05, 3.63) is 34.9 Å². The molecule has 0 bridgehead atoms. The molecular weight excluding hydrogens is 222 g/mol. The first-order valence-corrected chi connectivity index (χ1v) is 6.93. The Hall–Kier alpha value is -0.860. The first kappa shape index (κ1) is 15.2. The van der Waals surface area contributed by atoms with Gasteiger partial charge in [0.1, 0.15) is 0 Å². The molecule has 1 aromatic rings. The monoisotopic (exact) mass is 249 g/mol. The molecular formula is C16H27NO. The SMILES string of the molecule is CCCC(C)OCC(NC)c1cc(C)cc(C)c1. The minimum absolute atomic E-state index is 0.280. The molecule has 0 aliphatic rings. The van der Waals surface area contributed by atoms with Crippen LogP contribution in [-0.4, -0.2) is 19.8 Å². The highest BCUT2D eigenvalue weighted by atomic mass is 16.5. The molecule has 0 saturated heterocycles. The van der Waals surface area contributed by atoms with E-state index in [1.54, 1.807) is 0 Å². The van der Waals surface area contributed by atoms with Gasteiger partial charge in [0.2, 0.25) is 0 Å². The molecule has 102 valence electrons. The van der Waals surface area contributed by atoms with Gasteiger partial charge in [0, 0.05) is 0 Å². The van der Waals surface area contributed by atoms with E-state index in [0.717, 1.165) is 13.0 Å². The summed E-state index contributed by atoms with van der Waals surface area (Å²) in [5.74, 6) is 0. The molecule has 0 aromatic heterocycles. The predicted molar refractivity (Wildman–Crippen MR) is 78.0 cm³/mol. The van der Waals surface area contributed by atoms with Gasteiger partial charge in [0.25, 0.3) is 0 Å². The van der Waals surface area contributed by atoms with Crippen LogP contribution in [0.3, 0.4) is 0 Å². The molecule has 0 aliphatic carbocycles. The second kappa shape index (κ2) is 7.55. The maximum Gasteiger partial charge on any atom is 0.0665 e. The Kier molecular flexibility index (Phi) is 6.37. The van der Waals surface area contributed by atoms with E-state index in [1.165, 1.54) is 23.1 Å². The van der Waals surface area contributed by atoms with Crippen molar-refractivity contribution in [1.82, 2.24) is 5.32 Å². The summed E-state index contributed by atoms with van der Waals surface area (Å²) in [6.45, 7) is 9.37. The second-order valence-corrected chi connectivity index (χ2v) is 5.19. The summed E-state index contributed by atoms with van der Waals surface area (Å²) in [5, 5.41) is 3.35. The molecule has 1 rings (SSSR count). The Morgan fingerprint density at radius 2 is 1.78 bits per heavy atom. The number of rotatable bonds is 7. The molecule has 0 aliphatic heterocycles. The van der Waals surface area contributed by atoms with Gasteiger partial charge in [-0.1, -0.05) is 42.7 Å². The minimum Gasteiger partial charge on any atom is -0.377 e. The summed E-state index contributed by atoms with van der Waals surface area (Å²) in [5.41, 5.74) is 3.94. The van der Waals surface area contributed by atoms with E-state index < -0.39 is 0 Å². The van der Waals surface area contributed by atoms with Gasteiger partial charge >= 0.3 is 0 Å². The highest BCUT2D eigenvalue weighted by Gasteiger charge is 2.12. The van der Waals surface area contributed by atoms with Crippen LogP contribution in [-0.2, 0) is 4.74 Å².